The Hall–Kier alpha value is -1.63. The molecule has 3 rings (SSSR count). The van der Waals surface area contributed by atoms with Crippen LogP contribution in [-0.4, -0.2) is 24.7 Å². The van der Waals surface area contributed by atoms with Gasteiger partial charge in [0, 0.05) is 12.6 Å². The van der Waals surface area contributed by atoms with Crippen LogP contribution in [-0.2, 0) is 7.05 Å². The molecule has 21 heavy (non-hydrogen) atoms. The number of benzene rings is 1. The molecular formula is C13H9Cl2N5S. The van der Waals surface area contributed by atoms with E-state index < -0.39 is 0 Å². The van der Waals surface area contributed by atoms with Crippen LogP contribution in [0.4, 0.5) is 0 Å². The molecule has 0 atom stereocenters. The van der Waals surface area contributed by atoms with Gasteiger partial charge in [-0.2, -0.15) is 0 Å². The van der Waals surface area contributed by atoms with Crippen LogP contribution in [0, 0.1) is 0 Å². The van der Waals surface area contributed by atoms with Crippen LogP contribution in [0.5, 0.6) is 0 Å². The van der Waals surface area contributed by atoms with Crippen molar-refractivity contribution in [1.29, 1.82) is 0 Å². The molecule has 2 heterocycles. The van der Waals surface area contributed by atoms with Gasteiger partial charge < -0.3 is 4.57 Å². The van der Waals surface area contributed by atoms with Crippen LogP contribution < -0.4 is 0 Å². The average Bonchev–Trinajstić information content (AvgIpc) is 2.83. The monoisotopic (exact) mass is 337 g/mol. The summed E-state index contributed by atoms with van der Waals surface area (Å²) in [5.74, 6) is 0.692. The molecular weight excluding hydrogens is 329 g/mol. The Morgan fingerprint density at radius 3 is 2.48 bits per heavy atom. The van der Waals surface area contributed by atoms with Gasteiger partial charge in [0.25, 0.3) is 0 Å². The highest BCUT2D eigenvalue weighted by Crippen LogP contribution is 2.30. The van der Waals surface area contributed by atoms with Crippen molar-refractivity contribution in [3.63, 3.8) is 0 Å². The Kier molecular flexibility index (Phi) is 4.10. The number of aromatic nitrogens is 5. The van der Waals surface area contributed by atoms with Gasteiger partial charge in [-0.1, -0.05) is 35.3 Å². The quantitative estimate of drug-likeness (QED) is 0.681. The molecule has 3 aromatic rings. The highest BCUT2D eigenvalue weighted by atomic mass is 35.5. The Morgan fingerprint density at radius 1 is 1.05 bits per heavy atom. The van der Waals surface area contributed by atoms with Crippen molar-refractivity contribution >= 4 is 35.0 Å². The zero-order valence-corrected chi connectivity index (χ0v) is 13.2. The van der Waals surface area contributed by atoms with Gasteiger partial charge in [0.05, 0.1) is 22.4 Å². The van der Waals surface area contributed by atoms with E-state index in [2.05, 4.69) is 20.2 Å². The minimum absolute atomic E-state index is 0.495. The highest BCUT2D eigenvalue weighted by molar-refractivity contribution is 7.99. The predicted molar refractivity (Wildman–Crippen MR) is 82.6 cm³/mol. The zero-order chi connectivity index (χ0) is 14.8. The third kappa shape index (κ3) is 3.02. The van der Waals surface area contributed by atoms with Gasteiger partial charge in [-0.25, -0.2) is 9.97 Å². The van der Waals surface area contributed by atoms with Crippen LogP contribution in [0.15, 0.2) is 47.0 Å². The van der Waals surface area contributed by atoms with Crippen LogP contribution in [0.3, 0.4) is 0 Å². The fourth-order valence-electron chi connectivity index (χ4n) is 1.72. The first-order chi connectivity index (χ1) is 10.1. The molecule has 8 heteroatoms. The molecule has 2 aromatic heterocycles. The first-order valence-electron chi connectivity index (χ1n) is 5.95. The predicted octanol–water partition coefficient (Wildman–Crippen LogP) is 3.73. The minimum atomic E-state index is 0.495. The molecule has 0 spiro atoms. The normalized spacial score (nSPS) is 10.8. The molecule has 0 aliphatic carbocycles. The minimum Gasteiger partial charge on any atom is -0.305 e. The van der Waals surface area contributed by atoms with Crippen LogP contribution in [0.1, 0.15) is 0 Å². The van der Waals surface area contributed by atoms with Crippen LogP contribution >= 0.6 is 35.0 Å². The van der Waals surface area contributed by atoms with E-state index >= 15 is 0 Å². The molecule has 0 radical (unpaired) electrons. The van der Waals surface area contributed by atoms with E-state index in [1.165, 1.54) is 11.8 Å². The molecule has 0 bridgehead atoms. The second-order valence-corrected chi connectivity index (χ2v) is 5.91. The van der Waals surface area contributed by atoms with Gasteiger partial charge in [-0.3, -0.25) is 0 Å². The second-order valence-electron chi connectivity index (χ2n) is 4.13. The Labute approximate surface area is 135 Å². The summed E-state index contributed by atoms with van der Waals surface area (Å²) in [5, 5.41) is 10.7. The average molecular weight is 338 g/mol. The number of hydrogen-bond donors (Lipinski definition) is 0. The van der Waals surface area contributed by atoms with E-state index in [4.69, 9.17) is 23.2 Å². The third-order valence-electron chi connectivity index (χ3n) is 2.73. The molecule has 0 N–H and O–H groups in total. The smallest absolute Gasteiger partial charge is 0.199 e. The maximum absolute atomic E-state index is 6.19. The van der Waals surface area contributed by atoms with Crippen molar-refractivity contribution < 1.29 is 0 Å². The Morgan fingerprint density at radius 2 is 1.76 bits per heavy atom. The van der Waals surface area contributed by atoms with E-state index in [-0.39, 0.29) is 0 Å². The second kappa shape index (κ2) is 6.01. The fourth-order valence-corrected chi connectivity index (χ4v) is 2.71. The summed E-state index contributed by atoms with van der Waals surface area (Å²) in [7, 11) is 1.87. The summed E-state index contributed by atoms with van der Waals surface area (Å²) in [5.41, 5.74) is 0.832. The van der Waals surface area contributed by atoms with Gasteiger partial charge in [0.1, 0.15) is 0 Å². The van der Waals surface area contributed by atoms with Gasteiger partial charge in [-0.15, -0.1) is 10.2 Å². The Balaban J connectivity index is 1.93. The summed E-state index contributed by atoms with van der Waals surface area (Å²) in [4.78, 5) is 8.25. The molecule has 0 aliphatic rings. The molecule has 0 aliphatic heterocycles. The lowest BCUT2D eigenvalue weighted by molar-refractivity contribution is 0.789. The number of nitrogens with zero attached hydrogens (tertiary/aromatic N) is 5. The van der Waals surface area contributed by atoms with Gasteiger partial charge in [-0.05, 0) is 23.9 Å². The van der Waals surface area contributed by atoms with E-state index in [9.17, 15) is 0 Å². The summed E-state index contributed by atoms with van der Waals surface area (Å²) >= 11 is 13.3. The molecule has 0 saturated heterocycles. The summed E-state index contributed by atoms with van der Waals surface area (Å²) in [6.45, 7) is 0. The van der Waals surface area contributed by atoms with Crippen LogP contribution in [0.25, 0.3) is 11.4 Å². The number of rotatable bonds is 3. The first kappa shape index (κ1) is 14.3. The summed E-state index contributed by atoms with van der Waals surface area (Å²) < 4.78 is 1.85. The first-order valence-corrected chi connectivity index (χ1v) is 7.52. The van der Waals surface area contributed by atoms with Crippen LogP contribution in [0.2, 0.25) is 10.0 Å². The molecule has 0 amide bonds. The number of halogens is 2. The van der Waals surface area contributed by atoms with Crippen molar-refractivity contribution in [2.24, 2.45) is 7.05 Å². The van der Waals surface area contributed by atoms with Gasteiger partial charge in [0.15, 0.2) is 16.1 Å². The molecule has 0 fully saturated rings. The van der Waals surface area contributed by atoms with Crippen molar-refractivity contribution in [2.75, 3.05) is 0 Å². The van der Waals surface area contributed by atoms with Gasteiger partial charge in [0.2, 0.25) is 0 Å². The molecule has 5 nitrogen and oxygen atoms in total. The maximum atomic E-state index is 6.19. The highest BCUT2D eigenvalue weighted by Gasteiger charge is 2.14. The van der Waals surface area contributed by atoms with Crippen molar-refractivity contribution in [3.8, 4) is 11.4 Å². The molecule has 0 unspecified atom stereocenters. The van der Waals surface area contributed by atoms with Crippen molar-refractivity contribution in [3.05, 3.63) is 46.7 Å². The van der Waals surface area contributed by atoms with Crippen molar-refractivity contribution in [2.45, 2.75) is 10.3 Å². The molecule has 106 valence electrons. The number of hydrogen-bond acceptors (Lipinski definition) is 5. The van der Waals surface area contributed by atoms with Gasteiger partial charge >= 0.3 is 0 Å². The molecule has 1 aromatic carbocycles. The maximum Gasteiger partial charge on any atom is 0.199 e. The lowest BCUT2D eigenvalue weighted by Gasteiger charge is -2.04. The lowest BCUT2D eigenvalue weighted by atomic mass is 10.2. The lowest BCUT2D eigenvalue weighted by Crippen LogP contribution is -1.96. The largest absolute Gasteiger partial charge is 0.305 e. The molecule has 0 saturated carbocycles. The topological polar surface area (TPSA) is 56.5 Å². The SMILES string of the molecule is Cn1c(Sc2ncc(Cl)cn2)nnc1-c1ccccc1Cl. The van der Waals surface area contributed by atoms with E-state index in [1.54, 1.807) is 12.4 Å². The third-order valence-corrected chi connectivity index (χ3v) is 4.19. The fraction of sp³-hybridized carbons (Fsp3) is 0.0769. The van der Waals surface area contributed by atoms with E-state index in [1.807, 2.05) is 35.9 Å². The summed E-state index contributed by atoms with van der Waals surface area (Å²) in [6.07, 6.45) is 3.09. The zero-order valence-electron chi connectivity index (χ0n) is 10.9. The van der Waals surface area contributed by atoms with E-state index in [0.29, 0.717) is 26.2 Å². The Bertz CT molecular complexity index is 772. The standard InChI is InChI=1S/C13H9Cl2N5S/c1-20-11(9-4-2-3-5-10(9)15)18-19-13(20)21-12-16-6-8(14)7-17-12/h2-7H,1H3. The summed E-state index contributed by atoms with van der Waals surface area (Å²) in [6, 6.07) is 7.50. The van der Waals surface area contributed by atoms with E-state index in [0.717, 1.165) is 5.56 Å². The van der Waals surface area contributed by atoms with Crippen molar-refractivity contribution in [1.82, 2.24) is 24.7 Å².